The van der Waals surface area contributed by atoms with Crippen molar-refractivity contribution in [2.45, 2.75) is 25.7 Å². The van der Waals surface area contributed by atoms with E-state index in [1.54, 1.807) is 0 Å². The van der Waals surface area contributed by atoms with Gasteiger partial charge in [0.25, 0.3) is 0 Å². The molecule has 2 rings (SSSR count). The van der Waals surface area contributed by atoms with Crippen molar-refractivity contribution in [2.24, 2.45) is 11.7 Å². The molecule has 2 N–H and O–H groups in total. The standard InChI is InChI=1S/C15H22N2O/c1-12(7-9-16)15(18)17-10-8-14(11-17)13-5-3-2-4-6-13/h2-6,12,14H,7-11,16H2,1H3. The Hall–Kier alpha value is -1.35. The summed E-state index contributed by atoms with van der Waals surface area (Å²) in [4.78, 5) is 14.2. The van der Waals surface area contributed by atoms with E-state index in [1.165, 1.54) is 5.56 Å². The van der Waals surface area contributed by atoms with Crippen LogP contribution >= 0.6 is 0 Å². The third kappa shape index (κ3) is 2.91. The van der Waals surface area contributed by atoms with Crippen molar-refractivity contribution >= 4 is 5.91 Å². The number of benzene rings is 1. The Balaban J connectivity index is 1.94. The maximum Gasteiger partial charge on any atom is 0.225 e. The van der Waals surface area contributed by atoms with Crippen LogP contribution in [0.4, 0.5) is 0 Å². The van der Waals surface area contributed by atoms with Gasteiger partial charge in [-0.2, -0.15) is 0 Å². The van der Waals surface area contributed by atoms with E-state index in [1.807, 2.05) is 17.9 Å². The lowest BCUT2D eigenvalue weighted by Crippen LogP contribution is -2.34. The first-order valence-electron chi connectivity index (χ1n) is 6.76. The first-order valence-corrected chi connectivity index (χ1v) is 6.76. The van der Waals surface area contributed by atoms with Gasteiger partial charge in [-0.1, -0.05) is 37.3 Å². The summed E-state index contributed by atoms with van der Waals surface area (Å²) in [5, 5.41) is 0. The number of nitrogens with zero attached hydrogens (tertiary/aromatic N) is 1. The second kappa shape index (κ2) is 6.01. The SMILES string of the molecule is CC(CCN)C(=O)N1CCC(c2ccccc2)C1. The molecule has 1 heterocycles. The van der Waals surface area contributed by atoms with Gasteiger partial charge in [0, 0.05) is 24.9 Å². The number of likely N-dealkylation sites (tertiary alicyclic amines) is 1. The third-order valence-corrected chi connectivity index (χ3v) is 3.79. The normalized spacial score (nSPS) is 21.0. The molecule has 3 heteroatoms. The minimum Gasteiger partial charge on any atom is -0.342 e. The highest BCUT2D eigenvalue weighted by molar-refractivity contribution is 5.78. The molecule has 1 aliphatic heterocycles. The largest absolute Gasteiger partial charge is 0.342 e. The highest BCUT2D eigenvalue weighted by Crippen LogP contribution is 2.28. The monoisotopic (exact) mass is 246 g/mol. The molecule has 18 heavy (non-hydrogen) atoms. The maximum absolute atomic E-state index is 12.2. The molecule has 0 spiro atoms. The van der Waals surface area contributed by atoms with Gasteiger partial charge in [0.2, 0.25) is 5.91 Å². The van der Waals surface area contributed by atoms with Gasteiger partial charge in [-0.05, 0) is 24.9 Å². The molecule has 2 unspecified atom stereocenters. The van der Waals surface area contributed by atoms with Crippen molar-refractivity contribution in [3.63, 3.8) is 0 Å². The topological polar surface area (TPSA) is 46.3 Å². The van der Waals surface area contributed by atoms with Gasteiger partial charge in [0.1, 0.15) is 0 Å². The Morgan fingerprint density at radius 2 is 2.17 bits per heavy atom. The van der Waals surface area contributed by atoms with E-state index in [-0.39, 0.29) is 11.8 Å². The van der Waals surface area contributed by atoms with Crippen LogP contribution in [0.25, 0.3) is 0 Å². The van der Waals surface area contributed by atoms with Crippen LogP contribution in [0.3, 0.4) is 0 Å². The van der Waals surface area contributed by atoms with Crippen LogP contribution in [0, 0.1) is 5.92 Å². The van der Waals surface area contributed by atoms with Gasteiger partial charge in [0.05, 0.1) is 0 Å². The smallest absolute Gasteiger partial charge is 0.225 e. The molecule has 1 aliphatic rings. The van der Waals surface area contributed by atoms with E-state index in [0.717, 1.165) is 25.9 Å². The Morgan fingerprint density at radius 3 is 2.83 bits per heavy atom. The number of hydrogen-bond donors (Lipinski definition) is 1. The van der Waals surface area contributed by atoms with Gasteiger partial charge < -0.3 is 10.6 Å². The van der Waals surface area contributed by atoms with Crippen LogP contribution in [0.2, 0.25) is 0 Å². The van der Waals surface area contributed by atoms with E-state index in [0.29, 0.717) is 12.5 Å². The highest BCUT2D eigenvalue weighted by Gasteiger charge is 2.29. The van der Waals surface area contributed by atoms with Crippen LogP contribution in [0.5, 0.6) is 0 Å². The van der Waals surface area contributed by atoms with Crippen molar-refractivity contribution in [3.8, 4) is 0 Å². The second-order valence-corrected chi connectivity index (χ2v) is 5.16. The second-order valence-electron chi connectivity index (χ2n) is 5.16. The molecular weight excluding hydrogens is 224 g/mol. The Bertz CT molecular complexity index is 391. The molecule has 1 amide bonds. The summed E-state index contributed by atoms with van der Waals surface area (Å²) in [7, 11) is 0. The lowest BCUT2D eigenvalue weighted by Gasteiger charge is -2.20. The fourth-order valence-corrected chi connectivity index (χ4v) is 2.64. The number of amides is 1. The first-order chi connectivity index (χ1) is 8.72. The molecule has 0 aliphatic carbocycles. The summed E-state index contributed by atoms with van der Waals surface area (Å²) < 4.78 is 0. The van der Waals surface area contributed by atoms with Gasteiger partial charge >= 0.3 is 0 Å². The zero-order valence-corrected chi connectivity index (χ0v) is 11.0. The summed E-state index contributed by atoms with van der Waals surface area (Å²) in [6, 6.07) is 10.5. The Labute approximate surface area is 109 Å². The molecule has 1 saturated heterocycles. The fourth-order valence-electron chi connectivity index (χ4n) is 2.64. The van der Waals surface area contributed by atoms with Gasteiger partial charge in [0.15, 0.2) is 0 Å². The van der Waals surface area contributed by atoms with E-state index in [9.17, 15) is 4.79 Å². The van der Waals surface area contributed by atoms with E-state index < -0.39 is 0 Å². The Kier molecular flexibility index (Phi) is 4.37. The molecule has 2 atom stereocenters. The number of carbonyl (C=O) groups is 1. The minimum atomic E-state index is 0.0597. The zero-order chi connectivity index (χ0) is 13.0. The van der Waals surface area contributed by atoms with Crippen LogP contribution in [0.1, 0.15) is 31.2 Å². The molecular formula is C15H22N2O. The predicted molar refractivity (Wildman–Crippen MR) is 73.2 cm³/mol. The zero-order valence-electron chi connectivity index (χ0n) is 11.0. The molecule has 98 valence electrons. The molecule has 0 radical (unpaired) electrons. The van der Waals surface area contributed by atoms with Gasteiger partial charge in [-0.15, -0.1) is 0 Å². The summed E-state index contributed by atoms with van der Waals surface area (Å²) in [5.74, 6) is 0.823. The summed E-state index contributed by atoms with van der Waals surface area (Å²) in [6.45, 7) is 4.30. The van der Waals surface area contributed by atoms with E-state index in [2.05, 4.69) is 24.3 Å². The van der Waals surface area contributed by atoms with Crippen molar-refractivity contribution < 1.29 is 4.79 Å². The lowest BCUT2D eigenvalue weighted by atomic mass is 9.99. The molecule has 1 aromatic rings. The van der Waals surface area contributed by atoms with E-state index >= 15 is 0 Å². The van der Waals surface area contributed by atoms with Crippen molar-refractivity contribution in [3.05, 3.63) is 35.9 Å². The quantitative estimate of drug-likeness (QED) is 0.883. The molecule has 0 bridgehead atoms. The summed E-state index contributed by atoms with van der Waals surface area (Å²) in [5.41, 5.74) is 6.86. The van der Waals surface area contributed by atoms with Crippen LogP contribution in [0.15, 0.2) is 30.3 Å². The van der Waals surface area contributed by atoms with Gasteiger partial charge in [-0.3, -0.25) is 4.79 Å². The maximum atomic E-state index is 12.2. The number of rotatable bonds is 4. The van der Waals surface area contributed by atoms with Crippen molar-refractivity contribution in [1.29, 1.82) is 0 Å². The fraction of sp³-hybridized carbons (Fsp3) is 0.533. The molecule has 1 aromatic carbocycles. The van der Waals surface area contributed by atoms with Crippen LogP contribution in [-0.2, 0) is 4.79 Å². The molecule has 0 aromatic heterocycles. The predicted octanol–water partition coefficient (Wildman–Crippen LogP) is 1.99. The van der Waals surface area contributed by atoms with E-state index in [4.69, 9.17) is 5.73 Å². The highest BCUT2D eigenvalue weighted by atomic mass is 16.2. The van der Waals surface area contributed by atoms with Crippen LogP contribution < -0.4 is 5.73 Å². The third-order valence-electron chi connectivity index (χ3n) is 3.79. The van der Waals surface area contributed by atoms with Gasteiger partial charge in [-0.25, -0.2) is 0 Å². The molecule has 0 saturated carbocycles. The average molecular weight is 246 g/mol. The number of carbonyl (C=O) groups excluding carboxylic acids is 1. The van der Waals surface area contributed by atoms with Crippen LogP contribution in [-0.4, -0.2) is 30.4 Å². The Morgan fingerprint density at radius 1 is 1.44 bits per heavy atom. The molecule has 3 nitrogen and oxygen atoms in total. The minimum absolute atomic E-state index is 0.0597. The van der Waals surface area contributed by atoms with Crippen molar-refractivity contribution in [2.75, 3.05) is 19.6 Å². The molecule has 1 fully saturated rings. The lowest BCUT2D eigenvalue weighted by molar-refractivity contribution is -0.134. The van der Waals surface area contributed by atoms with Crippen molar-refractivity contribution in [1.82, 2.24) is 4.90 Å². The summed E-state index contributed by atoms with van der Waals surface area (Å²) >= 11 is 0. The number of hydrogen-bond acceptors (Lipinski definition) is 2. The summed E-state index contributed by atoms with van der Waals surface area (Å²) in [6.07, 6.45) is 1.86. The number of nitrogens with two attached hydrogens (primary N) is 1. The average Bonchev–Trinajstić information content (AvgIpc) is 2.89. The first kappa shape index (κ1) is 13.1.